The Kier molecular flexibility index (Phi) is 4.91. The van der Waals surface area contributed by atoms with Crippen LogP contribution in [-0.4, -0.2) is 10.3 Å². The molecule has 0 heterocycles. The van der Waals surface area contributed by atoms with Crippen molar-refractivity contribution in [2.45, 2.75) is 59.3 Å². The van der Waals surface area contributed by atoms with Crippen LogP contribution < -0.4 is 0 Å². The molecule has 0 spiro atoms. The van der Waals surface area contributed by atoms with Crippen LogP contribution in [-0.2, 0) is 10.2 Å². The first-order valence-electron chi connectivity index (χ1n) is 6.94. The monoisotopic (exact) mass is 296 g/mol. The summed E-state index contributed by atoms with van der Waals surface area (Å²) in [5.74, 6) is 0.334. The van der Waals surface area contributed by atoms with Crippen LogP contribution in [0.15, 0.2) is 18.2 Å². The van der Waals surface area contributed by atoms with Gasteiger partial charge in [-0.15, -0.1) is 0 Å². The normalized spacial score (nSPS) is 14.2. The molecule has 0 fully saturated rings. The van der Waals surface area contributed by atoms with E-state index in [-0.39, 0.29) is 22.0 Å². The van der Waals surface area contributed by atoms with Crippen molar-refractivity contribution in [3.63, 3.8) is 0 Å². The van der Waals surface area contributed by atoms with Crippen molar-refractivity contribution in [3.05, 3.63) is 29.3 Å². The summed E-state index contributed by atoms with van der Waals surface area (Å²) in [4.78, 5) is 11.3. The summed E-state index contributed by atoms with van der Waals surface area (Å²) < 4.78 is 0. The van der Waals surface area contributed by atoms with Crippen molar-refractivity contribution >= 4 is 16.8 Å². The van der Waals surface area contributed by atoms with Gasteiger partial charge in [0.15, 0.2) is 0 Å². The third kappa shape index (κ3) is 4.24. The second-order valence-corrected chi connectivity index (χ2v) is 7.93. The molecule has 0 bridgehead atoms. The quantitative estimate of drug-likeness (QED) is 0.799. The maximum atomic E-state index is 11.3. The topological polar surface area (TPSA) is 37.3 Å². The molecule has 0 saturated carbocycles. The second-order valence-electron chi connectivity index (χ2n) is 7.50. The van der Waals surface area contributed by atoms with Crippen molar-refractivity contribution in [2.24, 2.45) is 5.41 Å². The number of halogens is 1. The molecule has 1 N–H and O–H groups in total. The molecule has 1 rings (SSSR count). The minimum atomic E-state index is -0.324. The Bertz CT molecular complexity index is 493. The van der Waals surface area contributed by atoms with E-state index in [2.05, 4.69) is 41.5 Å². The highest BCUT2D eigenvalue weighted by atomic mass is 35.5. The molecule has 0 aromatic heterocycles. The molecule has 1 aromatic rings. The van der Waals surface area contributed by atoms with Gasteiger partial charge in [0.05, 0.1) is 0 Å². The van der Waals surface area contributed by atoms with E-state index in [1.807, 2.05) is 12.1 Å². The van der Waals surface area contributed by atoms with E-state index in [0.29, 0.717) is 12.2 Å². The molecule has 3 heteroatoms. The van der Waals surface area contributed by atoms with Gasteiger partial charge in [0.25, 0.3) is 0 Å². The Labute approximate surface area is 127 Å². The minimum Gasteiger partial charge on any atom is -0.508 e. The number of hydrogen-bond donors (Lipinski definition) is 1. The summed E-state index contributed by atoms with van der Waals surface area (Å²) in [6, 6.07) is 5.61. The van der Waals surface area contributed by atoms with Crippen LogP contribution in [0.5, 0.6) is 5.75 Å². The molecule has 0 amide bonds. The predicted octanol–water partition coefficient (Wildman–Crippen LogP) is 4.97. The summed E-state index contributed by atoms with van der Waals surface area (Å²) in [5.41, 5.74) is 1.73. The standard InChI is InChI=1S/C17H25ClO2/c1-16(2,3)12(10-15(18)20)11-7-8-14(19)13(9-11)17(4,5)6/h7-9,12,19H,10H2,1-6H3. The van der Waals surface area contributed by atoms with Gasteiger partial charge in [-0.1, -0.05) is 53.7 Å². The molecule has 1 unspecified atom stereocenters. The number of carbonyl (C=O) groups excluding carboxylic acids is 1. The highest BCUT2D eigenvalue weighted by Gasteiger charge is 2.29. The highest BCUT2D eigenvalue weighted by molar-refractivity contribution is 6.63. The number of phenolic OH excluding ortho intramolecular Hbond substituents is 1. The number of benzene rings is 1. The Hall–Kier alpha value is -1.02. The number of carbonyl (C=O) groups is 1. The van der Waals surface area contributed by atoms with E-state index in [1.54, 1.807) is 6.07 Å². The first kappa shape index (κ1) is 17.0. The molecule has 0 aliphatic carbocycles. The van der Waals surface area contributed by atoms with Gasteiger partial charge in [-0.25, -0.2) is 0 Å². The summed E-state index contributed by atoms with van der Waals surface area (Å²) in [6.45, 7) is 12.5. The largest absolute Gasteiger partial charge is 0.508 e. The van der Waals surface area contributed by atoms with Crippen molar-refractivity contribution in [1.82, 2.24) is 0 Å². The van der Waals surface area contributed by atoms with Gasteiger partial charge in [0, 0.05) is 6.42 Å². The molecular weight excluding hydrogens is 272 g/mol. The third-order valence-electron chi connectivity index (χ3n) is 3.64. The molecule has 0 aliphatic heterocycles. The fourth-order valence-corrected chi connectivity index (χ4v) is 2.61. The SMILES string of the molecule is CC(C)(C)c1cc(C(CC(=O)Cl)C(C)(C)C)ccc1O. The summed E-state index contributed by atoms with van der Waals surface area (Å²) in [5, 5.41) is 9.72. The van der Waals surface area contributed by atoms with Crippen LogP contribution in [0.1, 0.15) is 65.0 Å². The van der Waals surface area contributed by atoms with Crippen LogP contribution >= 0.6 is 11.6 Å². The molecule has 112 valence electrons. The van der Waals surface area contributed by atoms with Crippen LogP contribution in [0.3, 0.4) is 0 Å². The summed E-state index contributed by atoms with van der Waals surface area (Å²) >= 11 is 5.60. The van der Waals surface area contributed by atoms with Crippen molar-refractivity contribution in [2.75, 3.05) is 0 Å². The van der Waals surface area contributed by atoms with E-state index in [9.17, 15) is 9.90 Å². The number of phenols is 1. The zero-order valence-corrected chi connectivity index (χ0v) is 14.0. The van der Waals surface area contributed by atoms with E-state index in [1.165, 1.54) is 0 Å². The van der Waals surface area contributed by atoms with Crippen LogP contribution in [0.4, 0.5) is 0 Å². The fourth-order valence-electron chi connectivity index (χ4n) is 2.46. The Morgan fingerprint density at radius 3 is 2.15 bits per heavy atom. The second kappa shape index (κ2) is 5.77. The van der Waals surface area contributed by atoms with Crippen molar-refractivity contribution < 1.29 is 9.90 Å². The molecule has 20 heavy (non-hydrogen) atoms. The predicted molar refractivity (Wildman–Crippen MR) is 84.5 cm³/mol. The van der Waals surface area contributed by atoms with Crippen molar-refractivity contribution in [1.29, 1.82) is 0 Å². The molecule has 0 saturated heterocycles. The van der Waals surface area contributed by atoms with Gasteiger partial charge >= 0.3 is 0 Å². The van der Waals surface area contributed by atoms with Gasteiger partial charge in [-0.2, -0.15) is 0 Å². The van der Waals surface area contributed by atoms with Crippen LogP contribution in [0.25, 0.3) is 0 Å². The molecule has 0 radical (unpaired) electrons. The average Bonchev–Trinajstić information content (AvgIpc) is 2.23. The molecule has 2 nitrogen and oxygen atoms in total. The Balaban J connectivity index is 3.32. The zero-order valence-electron chi connectivity index (χ0n) is 13.2. The third-order valence-corrected chi connectivity index (χ3v) is 3.80. The van der Waals surface area contributed by atoms with E-state index in [4.69, 9.17) is 11.6 Å². The van der Waals surface area contributed by atoms with E-state index < -0.39 is 0 Å². The van der Waals surface area contributed by atoms with Crippen LogP contribution in [0.2, 0.25) is 0 Å². The van der Waals surface area contributed by atoms with Crippen molar-refractivity contribution in [3.8, 4) is 5.75 Å². The van der Waals surface area contributed by atoms with E-state index in [0.717, 1.165) is 11.1 Å². The molecular formula is C17H25ClO2. The van der Waals surface area contributed by atoms with E-state index >= 15 is 0 Å². The maximum Gasteiger partial charge on any atom is 0.222 e. The van der Waals surface area contributed by atoms with Gasteiger partial charge in [0.1, 0.15) is 5.75 Å². The minimum absolute atomic E-state index is 0.0363. The maximum absolute atomic E-state index is 11.3. The first-order chi connectivity index (χ1) is 8.93. The smallest absolute Gasteiger partial charge is 0.222 e. The molecule has 0 aliphatic rings. The zero-order chi connectivity index (χ0) is 15.7. The highest BCUT2D eigenvalue weighted by Crippen LogP contribution is 2.41. The summed E-state index contributed by atoms with van der Waals surface area (Å²) in [6.07, 6.45) is 0.305. The lowest BCUT2D eigenvalue weighted by atomic mass is 9.73. The summed E-state index contributed by atoms with van der Waals surface area (Å²) in [7, 11) is 0. The van der Waals surface area contributed by atoms with Gasteiger partial charge in [-0.05, 0) is 45.5 Å². The Morgan fingerprint density at radius 2 is 1.75 bits per heavy atom. The lowest BCUT2D eigenvalue weighted by molar-refractivity contribution is -0.112. The van der Waals surface area contributed by atoms with Gasteiger partial charge < -0.3 is 5.11 Å². The fraction of sp³-hybridized carbons (Fsp3) is 0.588. The lowest BCUT2D eigenvalue weighted by Crippen LogP contribution is -2.21. The van der Waals surface area contributed by atoms with Gasteiger partial charge in [-0.3, -0.25) is 4.79 Å². The number of hydrogen-bond acceptors (Lipinski definition) is 2. The average molecular weight is 297 g/mol. The number of rotatable bonds is 3. The van der Waals surface area contributed by atoms with Gasteiger partial charge in [0.2, 0.25) is 5.24 Å². The number of aromatic hydroxyl groups is 1. The molecule has 1 aromatic carbocycles. The first-order valence-corrected chi connectivity index (χ1v) is 7.32. The van der Waals surface area contributed by atoms with Crippen LogP contribution in [0, 0.1) is 5.41 Å². The lowest BCUT2D eigenvalue weighted by Gasteiger charge is -2.31. The molecule has 1 atom stereocenters. The Morgan fingerprint density at radius 1 is 1.20 bits per heavy atom.